The zero-order valence-corrected chi connectivity index (χ0v) is 12.1. The van der Waals surface area contributed by atoms with E-state index in [0.717, 1.165) is 18.1 Å². The van der Waals surface area contributed by atoms with Gasteiger partial charge < -0.3 is 5.32 Å². The number of nitrogens with one attached hydrogen (secondary N) is 1. The van der Waals surface area contributed by atoms with Gasteiger partial charge in [0.25, 0.3) is 0 Å². The highest BCUT2D eigenvalue weighted by atomic mass is 19.4. The molecular weight excluding hydrogens is 281 g/mol. The lowest BCUT2D eigenvalue weighted by molar-refractivity contribution is -0.137. The van der Waals surface area contributed by atoms with Gasteiger partial charge in [0.1, 0.15) is 0 Å². The normalized spacial score (nSPS) is 12.7. The molecule has 7 heteroatoms. The first-order valence-corrected chi connectivity index (χ1v) is 6.47. The largest absolute Gasteiger partial charge is 0.419 e. The molecule has 0 amide bonds. The van der Waals surface area contributed by atoms with Crippen molar-refractivity contribution in [3.63, 3.8) is 0 Å². The number of hydrogen-bond donors (Lipinski definition) is 1. The van der Waals surface area contributed by atoms with Crippen LogP contribution in [0.15, 0.2) is 30.7 Å². The molecule has 1 N–H and O–H groups in total. The van der Waals surface area contributed by atoms with E-state index in [2.05, 4.69) is 15.4 Å². The highest BCUT2D eigenvalue weighted by molar-refractivity contribution is 5.32. The van der Waals surface area contributed by atoms with Gasteiger partial charge in [0.15, 0.2) is 0 Å². The first-order chi connectivity index (χ1) is 9.65. The molecule has 0 spiro atoms. The van der Waals surface area contributed by atoms with Crippen LogP contribution in [-0.4, -0.2) is 20.3 Å². The fraction of sp³-hybridized carbons (Fsp3) is 0.429. The Balaban J connectivity index is 2.19. The zero-order chi connectivity index (χ0) is 15.7. The van der Waals surface area contributed by atoms with Crippen molar-refractivity contribution in [3.8, 4) is 5.69 Å². The Bertz CT molecular complexity index is 611. The third kappa shape index (κ3) is 4.29. The van der Waals surface area contributed by atoms with Crippen LogP contribution in [0.3, 0.4) is 0 Å². The number of halogens is 3. The molecule has 0 aliphatic heterocycles. The molecule has 0 unspecified atom stereocenters. The van der Waals surface area contributed by atoms with Gasteiger partial charge in [-0.05, 0) is 32.9 Å². The summed E-state index contributed by atoms with van der Waals surface area (Å²) in [5.41, 5.74) is 0.457. The third-order valence-corrected chi connectivity index (χ3v) is 2.77. The molecule has 0 radical (unpaired) electrons. The van der Waals surface area contributed by atoms with E-state index < -0.39 is 11.7 Å². The highest BCUT2D eigenvalue weighted by Gasteiger charge is 2.32. The maximum atomic E-state index is 12.6. The monoisotopic (exact) mass is 298 g/mol. The van der Waals surface area contributed by atoms with Gasteiger partial charge in [-0.2, -0.15) is 18.3 Å². The Morgan fingerprint density at radius 2 is 1.95 bits per heavy atom. The minimum absolute atomic E-state index is 0.0627. The molecule has 2 heterocycles. The number of rotatable bonds is 3. The van der Waals surface area contributed by atoms with E-state index in [1.807, 2.05) is 20.8 Å². The van der Waals surface area contributed by atoms with Crippen LogP contribution < -0.4 is 5.32 Å². The van der Waals surface area contributed by atoms with E-state index in [1.54, 1.807) is 18.3 Å². The summed E-state index contributed by atoms with van der Waals surface area (Å²) in [5.74, 6) is 0. The van der Waals surface area contributed by atoms with Gasteiger partial charge in [-0.25, -0.2) is 4.68 Å². The molecule has 0 saturated carbocycles. The molecule has 114 valence electrons. The fourth-order valence-electron chi connectivity index (χ4n) is 1.67. The summed E-state index contributed by atoms with van der Waals surface area (Å²) in [5, 5.41) is 7.03. The van der Waals surface area contributed by atoms with Gasteiger partial charge in [-0.1, -0.05) is 0 Å². The van der Waals surface area contributed by atoms with Gasteiger partial charge in [0, 0.05) is 24.5 Å². The Morgan fingerprint density at radius 1 is 1.24 bits per heavy atom. The molecule has 0 atom stereocenters. The van der Waals surface area contributed by atoms with Gasteiger partial charge in [0.2, 0.25) is 0 Å². The lowest BCUT2D eigenvalue weighted by atomic mass is 10.1. The lowest BCUT2D eigenvalue weighted by Gasteiger charge is -2.20. The second-order valence-electron chi connectivity index (χ2n) is 5.78. The van der Waals surface area contributed by atoms with Crippen LogP contribution in [0.1, 0.15) is 32.0 Å². The summed E-state index contributed by atoms with van der Waals surface area (Å²) in [6.45, 7) is 6.62. The number of aromatic nitrogens is 3. The Labute approximate surface area is 121 Å². The summed E-state index contributed by atoms with van der Waals surface area (Å²) in [6, 6.07) is 3.33. The maximum absolute atomic E-state index is 12.6. The highest BCUT2D eigenvalue weighted by Crippen LogP contribution is 2.29. The first-order valence-electron chi connectivity index (χ1n) is 6.47. The minimum Gasteiger partial charge on any atom is -0.306 e. The molecule has 0 aliphatic rings. The van der Waals surface area contributed by atoms with Crippen molar-refractivity contribution in [3.05, 3.63) is 42.0 Å². The molecule has 0 bridgehead atoms. The molecule has 4 nitrogen and oxygen atoms in total. The van der Waals surface area contributed by atoms with Crippen molar-refractivity contribution < 1.29 is 13.2 Å². The Kier molecular flexibility index (Phi) is 4.04. The predicted octanol–water partition coefficient (Wildman–Crippen LogP) is 3.17. The van der Waals surface area contributed by atoms with Crippen LogP contribution in [0.25, 0.3) is 5.69 Å². The third-order valence-electron chi connectivity index (χ3n) is 2.77. The maximum Gasteiger partial charge on any atom is 0.419 e. The van der Waals surface area contributed by atoms with E-state index in [-0.39, 0.29) is 5.54 Å². The van der Waals surface area contributed by atoms with E-state index in [0.29, 0.717) is 12.2 Å². The van der Waals surface area contributed by atoms with E-state index in [9.17, 15) is 13.2 Å². The van der Waals surface area contributed by atoms with Crippen molar-refractivity contribution in [1.29, 1.82) is 0 Å². The smallest absolute Gasteiger partial charge is 0.306 e. The number of pyridine rings is 1. The standard InChI is InChI=1S/C14H17F3N4/c1-13(2,3)19-8-11-6-12(4-5-18-11)21-9-10(7-20-21)14(15,16)17/h4-7,9,19H,8H2,1-3H3. The molecule has 0 fully saturated rings. The molecule has 21 heavy (non-hydrogen) atoms. The summed E-state index contributed by atoms with van der Waals surface area (Å²) >= 11 is 0. The summed E-state index contributed by atoms with van der Waals surface area (Å²) in [6.07, 6.45) is -1.05. The number of nitrogens with zero attached hydrogens (tertiary/aromatic N) is 3. The predicted molar refractivity (Wildman–Crippen MR) is 73.0 cm³/mol. The molecular formula is C14H17F3N4. The van der Waals surface area contributed by atoms with E-state index in [1.165, 1.54) is 4.68 Å². The first kappa shape index (κ1) is 15.5. The van der Waals surface area contributed by atoms with Crippen LogP contribution in [0.5, 0.6) is 0 Å². The van der Waals surface area contributed by atoms with Crippen LogP contribution in [0.2, 0.25) is 0 Å². The molecule has 0 saturated heterocycles. The van der Waals surface area contributed by atoms with Gasteiger partial charge in [0.05, 0.1) is 23.1 Å². The molecule has 2 aromatic heterocycles. The van der Waals surface area contributed by atoms with Crippen LogP contribution in [0, 0.1) is 0 Å². The lowest BCUT2D eigenvalue weighted by Crippen LogP contribution is -2.35. The SMILES string of the molecule is CC(C)(C)NCc1cc(-n2cc(C(F)(F)F)cn2)ccn1. The van der Waals surface area contributed by atoms with Gasteiger partial charge in [-0.15, -0.1) is 0 Å². The molecule has 2 rings (SSSR count). The second kappa shape index (κ2) is 5.48. The molecule has 2 aromatic rings. The minimum atomic E-state index is -4.39. The van der Waals surface area contributed by atoms with Crippen molar-refractivity contribution in [2.45, 2.75) is 39.0 Å². The van der Waals surface area contributed by atoms with Crippen LogP contribution in [0.4, 0.5) is 13.2 Å². The molecule has 0 aliphatic carbocycles. The molecule has 0 aromatic carbocycles. The van der Waals surface area contributed by atoms with Crippen molar-refractivity contribution in [2.75, 3.05) is 0 Å². The summed E-state index contributed by atoms with van der Waals surface area (Å²) < 4.78 is 38.9. The average Bonchev–Trinajstić information content (AvgIpc) is 2.85. The number of hydrogen-bond acceptors (Lipinski definition) is 3. The second-order valence-corrected chi connectivity index (χ2v) is 5.78. The van der Waals surface area contributed by atoms with Crippen molar-refractivity contribution in [2.24, 2.45) is 0 Å². The van der Waals surface area contributed by atoms with Crippen LogP contribution in [-0.2, 0) is 12.7 Å². The quantitative estimate of drug-likeness (QED) is 0.946. The zero-order valence-electron chi connectivity index (χ0n) is 12.1. The van der Waals surface area contributed by atoms with Crippen molar-refractivity contribution >= 4 is 0 Å². The summed E-state index contributed by atoms with van der Waals surface area (Å²) in [7, 11) is 0. The van der Waals surface area contributed by atoms with E-state index >= 15 is 0 Å². The van der Waals surface area contributed by atoms with Gasteiger partial charge >= 0.3 is 6.18 Å². The Morgan fingerprint density at radius 3 is 2.52 bits per heavy atom. The van der Waals surface area contributed by atoms with Gasteiger partial charge in [-0.3, -0.25) is 4.98 Å². The van der Waals surface area contributed by atoms with Crippen molar-refractivity contribution in [1.82, 2.24) is 20.1 Å². The van der Waals surface area contributed by atoms with E-state index in [4.69, 9.17) is 0 Å². The topological polar surface area (TPSA) is 42.7 Å². The Hall–Kier alpha value is -1.89. The number of alkyl halides is 3. The average molecular weight is 298 g/mol. The van der Waals surface area contributed by atoms with Crippen LogP contribution >= 0.6 is 0 Å². The fourth-order valence-corrected chi connectivity index (χ4v) is 1.67. The summed E-state index contributed by atoms with van der Waals surface area (Å²) in [4.78, 5) is 4.20.